The summed E-state index contributed by atoms with van der Waals surface area (Å²) in [6.07, 6.45) is 0. The van der Waals surface area contributed by atoms with Gasteiger partial charge in [0.25, 0.3) is 0 Å². The molecule has 8 heteroatoms. The molecule has 4 aromatic carbocycles. The molecule has 2 N–H and O–H groups in total. The van der Waals surface area contributed by atoms with Crippen molar-refractivity contribution in [1.29, 1.82) is 0 Å². The zero-order valence-electron chi connectivity index (χ0n) is 18.2. The standard InChI is InChI=1S/C26H20Cl2O4S2/c1-31-23-11-19(21(29)13-25(23)33-17-7-3-15(27)4-8-17)20-12-24(32-2)26(14-22(20)30)34-18-9-5-16(28)6-10-18/h3-14,29-30H,1-2H3. The average Bonchev–Trinajstić information content (AvgIpc) is 2.83. The second kappa shape index (κ2) is 10.7. The molecule has 0 saturated heterocycles. The van der Waals surface area contributed by atoms with Crippen molar-refractivity contribution in [1.82, 2.24) is 0 Å². The first-order valence-corrected chi connectivity index (χ1v) is 12.5. The van der Waals surface area contributed by atoms with Gasteiger partial charge in [-0.25, -0.2) is 0 Å². The van der Waals surface area contributed by atoms with Crippen LogP contribution in [0.1, 0.15) is 0 Å². The van der Waals surface area contributed by atoms with Gasteiger partial charge in [0.1, 0.15) is 23.0 Å². The van der Waals surface area contributed by atoms with E-state index in [1.165, 1.54) is 23.5 Å². The molecule has 0 spiro atoms. The zero-order valence-corrected chi connectivity index (χ0v) is 21.4. The average molecular weight is 531 g/mol. The smallest absolute Gasteiger partial charge is 0.133 e. The molecule has 0 aliphatic carbocycles. The predicted molar refractivity (Wildman–Crippen MR) is 139 cm³/mol. The van der Waals surface area contributed by atoms with Gasteiger partial charge in [0.05, 0.1) is 24.0 Å². The van der Waals surface area contributed by atoms with E-state index >= 15 is 0 Å². The fourth-order valence-corrected chi connectivity index (χ4v) is 5.40. The van der Waals surface area contributed by atoms with Crippen LogP contribution in [0.5, 0.6) is 23.0 Å². The van der Waals surface area contributed by atoms with Crippen LogP contribution in [0.4, 0.5) is 0 Å². The summed E-state index contributed by atoms with van der Waals surface area (Å²) in [4.78, 5) is 3.35. The molecule has 0 aliphatic heterocycles. The Bertz CT molecular complexity index is 1210. The van der Waals surface area contributed by atoms with Crippen molar-refractivity contribution in [3.05, 3.63) is 82.8 Å². The van der Waals surface area contributed by atoms with Gasteiger partial charge in [-0.2, -0.15) is 0 Å². The zero-order chi connectivity index (χ0) is 24.2. The number of hydrogen-bond donors (Lipinski definition) is 2. The maximum absolute atomic E-state index is 10.8. The maximum atomic E-state index is 10.8. The molecule has 4 aromatic rings. The van der Waals surface area contributed by atoms with Gasteiger partial charge < -0.3 is 19.7 Å². The molecule has 0 unspecified atom stereocenters. The lowest BCUT2D eigenvalue weighted by Crippen LogP contribution is -1.92. The number of hydrogen-bond acceptors (Lipinski definition) is 6. The summed E-state index contributed by atoms with van der Waals surface area (Å²) in [5.74, 6) is 1.14. The van der Waals surface area contributed by atoms with E-state index in [0.29, 0.717) is 32.7 Å². The number of phenols is 2. The topological polar surface area (TPSA) is 58.9 Å². The predicted octanol–water partition coefficient (Wildman–Crippen LogP) is 8.39. The highest BCUT2D eigenvalue weighted by Crippen LogP contribution is 2.47. The third-order valence-electron chi connectivity index (χ3n) is 4.94. The Morgan fingerprint density at radius 3 is 1.26 bits per heavy atom. The minimum absolute atomic E-state index is 0.00715. The Morgan fingerprint density at radius 2 is 0.941 bits per heavy atom. The van der Waals surface area contributed by atoms with Gasteiger partial charge in [0.2, 0.25) is 0 Å². The van der Waals surface area contributed by atoms with E-state index in [4.69, 9.17) is 32.7 Å². The molecule has 0 bridgehead atoms. The van der Waals surface area contributed by atoms with Gasteiger partial charge in [-0.05, 0) is 72.8 Å². The lowest BCUT2D eigenvalue weighted by Gasteiger charge is -2.16. The molecular weight excluding hydrogens is 511 g/mol. The Kier molecular flexibility index (Phi) is 7.73. The number of aromatic hydroxyl groups is 2. The fraction of sp³-hybridized carbons (Fsp3) is 0.0769. The molecule has 0 aromatic heterocycles. The van der Waals surface area contributed by atoms with Crippen LogP contribution in [0.25, 0.3) is 11.1 Å². The number of benzene rings is 4. The number of methoxy groups -OCH3 is 2. The van der Waals surface area contributed by atoms with Crippen LogP contribution in [-0.4, -0.2) is 24.4 Å². The highest BCUT2D eigenvalue weighted by Gasteiger charge is 2.19. The number of ether oxygens (including phenoxy) is 2. The summed E-state index contributed by atoms with van der Waals surface area (Å²) < 4.78 is 11.2. The molecule has 0 heterocycles. The molecule has 4 nitrogen and oxygen atoms in total. The monoisotopic (exact) mass is 530 g/mol. The van der Waals surface area contributed by atoms with Crippen LogP contribution in [-0.2, 0) is 0 Å². The van der Waals surface area contributed by atoms with Crippen molar-refractivity contribution in [2.24, 2.45) is 0 Å². The van der Waals surface area contributed by atoms with E-state index in [2.05, 4.69) is 0 Å². The quantitative estimate of drug-likeness (QED) is 0.250. The van der Waals surface area contributed by atoms with Gasteiger partial charge in [-0.15, -0.1) is 0 Å². The van der Waals surface area contributed by atoms with Crippen LogP contribution in [0, 0.1) is 0 Å². The van der Waals surface area contributed by atoms with E-state index in [0.717, 1.165) is 19.6 Å². The van der Waals surface area contributed by atoms with Crippen molar-refractivity contribution in [2.75, 3.05) is 14.2 Å². The van der Waals surface area contributed by atoms with Crippen molar-refractivity contribution in [3.63, 3.8) is 0 Å². The molecule has 4 rings (SSSR count). The van der Waals surface area contributed by atoms with Gasteiger partial charge in [-0.3, -0.25) is 0 Å². The van der Waals surface area contributed by atoms with Crippen LogP contribution < -0.4 is 9.47 Å². The van der Waals surface area contributed by atoms with Gasteiger partial charge >= 0.3 is 0 Å². The molecule has 0 aliphatic rings. The van der Waals surface area contributed by atoms with E-state index in [1.54, 1.807) is 62.8 Å². The summed E-state index contributed by atoms with van der Waals surface area (Å²) in [5, 5.41) is 23.0. The molecule has 0 radical (unpaired) electrons. The van der Waals surface area contributed by atoms with Gasteiger partial charge in [-0.1, -0.05) is 46.7 Å². The molecule has 174 valence electrons. The minimum Gasteiger partial charge on any atom is -0.507 e. The van der Waals surface area contributed by atoms with Crippen LogP contribution >= 0.6 is 46.7 Å². The Morgan fingerprint density at radius 1 is 0.588 bits per heavy atom. The Hall–Kier alpha value is -2.64. The highest BCUT2D eigenvalue weighted by atomic mass is 35.5. The lowest BCUT2D eigenvalue weighted by atomic mass is 10.0. The molecule has 0 atom stereocenters. The van der Waals surface area contributed by atoms with Crippen molar-refractivity contribution in [3.8, 4) is 34.1 Å². The van der Waals surface area contributed by atoms with Crippen molar-refractivity contribution >= 4 is 46.7 Å². The normalized spacial score (nSPS) is 10.8. The first-order chi connectivity index (χ1) is 16.4. The highest BCUT2D eigenvalue weighted by molar-refractivity contribution is 7.99. The van der Waals surface area contributed by atoms with Gasteiger partial charge in [0.15, 0.2) is 0 Å². The third kappa shape index (κ3) is 5.53. The molecule has 0 saturated carbocycles. The summed E-state index contributed by atoms with van der Waals surface area (Å²) in [6, 6.07) is 21.4. The summed E-state index contributed by atoms with van der Waals surface area (Å²) >= 11 is 14.8. The number of halogens is 2. The van der Waals surface area contributed by atoms with E-state index in [1.807, 2.05) is 24.3 Å². The lowest BCUT2D eigenvalue weighted by molar-refractivity contribution is 0.400. The SMILES string of the molecule is COc1cc(-c2cc(OC)c(Sc3ccc(Cl)cc3)cc2O)c(O)cc1Sc1ccc(Cl)cc1. The van der Waals surface area contributed by atoms with E-state index in [-0.39, 0.29) is 11.5 Å². The van der Waals surface area contributed by atoms with Crippen LogP contribution in [0.2, 0.25) is 10.0 Å². The van der Waals surface area contributed by atoms with Gasteiger partial charge in [0, 0.05) is 31.0 Å². The van der Waals surface area contributed by atoms with Crippen molar-refractivity contribution < 1.29 is 19.7 Å². The Balaban J connectivity index is 1.70. The maximum Gasteiger partial charge on any atom is 0.133 e. The fourth-order valence-electron chi connectivity index (χ4n) is 3.27. The molecule has 34 heavy (non-hydrogen) atoms. The number of rotatable bonds is 7. The van der Waals surface area contributed by atoms with E-state index < -0.39 is 0 Å². The molecule has 0 fully saturated rings. The van der Waals surface area contributed by atoms with Crippen LogP contribution in [0.3, 0.4) is 0 Å². The number of phenolic OH excluding ortho intramolecular Hbond substituents is 2. The van der Waals surface area contributed by atoms with E-state index in [9.17, 15) is 10.2 Å². The second-order valence-corrected chi connectivity index (χ2v) is 10.3. The third-order valence-corrected chi connectivity index (χ3v) is 7.53. The molecular formula is C26H20Cl2O4S2. The summed E-state index contributed by atoms with van der Waals surface area (Å²) in [7, 11) is 3.13. The molecule has 0 amide bonds. The largest absolute Gasteiger partial charge is 0.507 e. The first kappa shape index (κ1) is 24.5. The summed E-state index contributed by atoms with van der Waals surface area (Å²) in [6.45, 7) is 0. The Labute approximate surface area is 216 Å². The van der Waals surface area contributed by atoms with Crippen molar-refractivity contribution in [2.45, 2.75) is 19.6 Å². The minimum atomic E-state index is 0.00715. The van der Waals surface area contributed by atoms with Crippen LogP contribution in [0.15, 0.2) is 92.4 Å². The first-order valence-electron chi connectivity index (χ1n) is 10.1. The summed E-state index contributed by atoms with van der Waals surface area (Å²) in [5.41, 5.74) is 0.854. The second-order valence-electron chi connectivity index (χ2n) is 7.15.